The van der Waals surface area contributed by atoms with Crippen molar-refractivity contribution in [2.75, 3.05) is 5.32 Å². The molecule has 2 rings (SSSR count). The average Bonchev–Trinajstić information content (AvgIpc) is 2.70. The molecule has 1 N–H and O–H groups in total. The Balaban J connectivity index is 2.11. The van der Waals surface area contributed by atoms with Crippen LogP contribution in [0.5, 0.6) is 0 Å². The van der Waals surface area contributed by atoms with Crippen molar-refractivity contribution in [1.82, 2.24) is 10.2 Å². The van der Waals surface area contributed by atoms with Crippen molar-refractivity contribution in [3.05, 3.63) is 41.1 Å². The molecule has 0 spiro atoms. The van der Waals surface area contributed by atoms with Gasteiger partial charge >= 0.3 is 0 Å². The Morgan fingerprint density at radius 2 is 2.33 bits per heavy atom. The van der Waals surface area contributed by atoms with Gasteiger partial charge in [-0.3, -0.25) is 0 Å². The standard InChI is InChI=1S/C10H10ClN3O/c1-7-3-2-4-8(11)10(7)12-5-9-14-13-6-15-9/h2-4,6,12H,5H2,1H3. The van der Waals surface area contributed by atoms with E-state index in [-0.39, 0.29) is 0 Å². The molecule has 2 aromatic rings. The van der Waals surface area contributed by atoms with Gasteiger partial charge in [-0.2, -0.15) is 0 Å². The number of rotatable bonds is 3. The van der Waals surface area contributed by atoms with Crippen LogP contribution in [0.3, 0.4) is 0 Å². The first-order valence-corrected chi connectivity index (χ1v) is 4.89. The van der Waals surface area contributed by atoms with Crippen LogP contribution in [0.1, 0.15) is 11.5 Å². The van der Waals surface area contributed by atoms with Crippen molar-refractivity contribution < 1.29 is 4.42 Å². The Kier molecular flexibility index (Phi) is 2.87. The predicted octanol–water partition coefficient (Wildman–Crippen LogP) is 2.64. The molecule has 0 bridgehead atoms. The minimum absolute atomic E-state index is 0.477. The molecule has 78 valence electrons. The second-order valence-corrected chi connectivity index (χ2v) is 3.52. The van der Waals surface area contributed by atoms with E-state index in [2.05, 4.69) is 15.5 Å². The molecule has 1 aromatic carbocycles. The van der Waals surface area contributed by atoms with Crippen molar-refractivity contribution >= 4 is 17.3 Å². The van der Waals surface area contributed by atoms with E-state index in [4.69, 9.17) is 16.0 Å². The summed E-state index contributed by atoms with van der Waals surface area (Å²) in [6, 6.07) is 5.74. The summed E-state index contributed by atoms with van der Waals surface area (Å²) in [4.78, 5) is 0. The van der Waals surface area contributed by atoms with Crippen molar-refractivity contribution in [2.45, 2.75) is 13.5 Å². The predicted molar refractivity (Wildman–Crippen MR) is 57.8 cm³/mol. The van der Waals surface area contributed by atoms with Crippen LogP contribution in [0.25, 0.3) is 0 Å². The lowest BCUT2D eigenvalue weighted by Gasteiger charge is -2.08. The van der Waals surface area contributed by atoms with Gasteiger partial charge in [0.1, 0.15) is 0 Å². The van der Waals surface area contributed by atoms with Crippen molar-refractivity contribution in [3.63, 3.8) is 0 Å². The van der Waals surface area contributed by atoms with Gasteiger partial charge in [-0.05, 0) is 18.6 Å². The zero-order chi connectivity index (χ0) is 10.7. The summed E-state index contributed by atoms with van der Waals surface area (Å²) >= 11 is 6.04. The normalized spacial score (nSPS) is 10.3. The molecule has 1 aromatic heterocycles. The Morgan fingerprint density at radius 1 is 1.47 bits per heavy atom. The molecule has 0 unspecified atom stereocenters. The molecule has 0 radical (unpaired) electrons. The van der Waals surface area contributed by atoms with E-state index in [0.717, 1.165) is 11.3 Å². The molecule has 0 atom stereocenters. The van der Waals surface area contributed by atoms with Crippen LogP contribution in [0.2, 0.25) is 5.02 Å². The molecule has 1 heterocycles. The molecule has 0 amide bonds. The Labute approximate surface area is 92.3 Å². The maximum atomic E-state index is 6.04. The van der Waals surface area contributed by atoms with Crippen LogP contribution in [0.15, 0.2) is 29.0 Å². The first-order chi connectivity index (χ1) is 7.27. The Hall–Kier alpha value is -1.55. The topological polar surface area (TPSA) is 51.0 Å². The number of benzene rings is 1. The van der Waals surface area contributed by atoms with Gasteiger partial charge in [0, 0.05) is 0 Å². The number of aryl methyl sites for hydroxylation is 1. The number of aromatic nitrogens is 2. The maximum Gasteiger partial charge on any atom is 0.235 e. The van der Waals surface area contributed by atoms with Gasteiger partial charge in [0.05, 0.1) is 17.3 Å². The molecule has 0 aliphatic carbocycles. The van der Waals surface area contributed by atoms with E-state index in [0.29, 0.717) is 17.5 Å². The number of halogens is 1. The van der Waals surface area contributed by atoms with Crippen LogP contribution in [0.4, 0.5) is 5.69 Å². The molecule has 15 heavy (non-hydrogen) atoms. The largest absolute Gasteiger partial charge is 0.426 e. The fourth-order valence-electron chi connectivity index (χ4n) is 1.29. The third kappa shape index (κ3) is 2.27. The van der Waals surface area contributed by atoms with E-state index in [1.54, 1.807) is 0 Å². The minimum atomic E-state index is 0.477. The molecule has 0 aliphatic rings. The summed E-state index contributed by atoms with van der Waals surface area (Å²) in [7, 11) is 0. The maximum absolute atomic E-state index is 6.04. The molecule has 4 nitrogen and oxygen atoms in total. The van der Waals surface area contributed by atoms with Gasteiger partial charge in [0.2, 0.25) is 12.3 Å². The van der Waals surface area contributed by atoms with E-state index in [1.165, 1.54) is 6.39 Å². The smallest absolute Gasteiger partial charge is 0.235 e. The van der Waals surface area contributed by atoms with Crippen molar-refractivity contribution in [3.8, 4) is 0 Å². The molecule has 0 fully saturated rings. The SMILES string of the molecule is Cc1cccc(Cl)c1NCc1nnco1. The van der Waals surface area contributed by atoms with Gasteiger partial charge in [0.25, 0.3) is 0 Å². The quantitative estimate of drug-likeness (QED) is 0.869. The van der Waals surface area contributed by atoms with E-state index >= 15 is 0 Å². The highest BCUT2D eigenvalue weighted by atomic mass is 35.5. The van der Waals surface area contributed by atoms with Crippen LogP contribution in [0, 0.1) is 6.92 Å². The fraction of sp³-hybridized carbons (Fsp3) is 0.200. The number of para-hydroxylation sites is 1. The minimum Gasteiger partial charge on any atom is -0.426 e. The van der Waals surface area contributed by atoms with Gasteiger partial charge in [0.15, 0.2) is 0 Å². The zero-order valence-electron chi connectivity index (χ0n) is 8.20. The van der Waals surface area contributed by atoms with Gasteiger partial charge in [-0.1, -0.05) is 23.7 Å². The van der Waals surface area contributed by atoms with Crippen LogP contribution in [-0.4, -0.2) is 10.2 Å². The number of anilines is 1. The van der Waals surface area contributed by atoms with Crippen molar-refractivity contribution in [1.29, 1.82) is 0 Å². The lowest BCUT2D eigenvalue weighted by molar-refractivity contribution is 0.502. The van der Waals surface area contributed by atoms with Crippen LogP contribution < -0.4 is 5.32 Å². The summed E-state index contributed by atoms with van der Waals surface area (Å²) in [6.07, 6.45) is 1.30. The molecular formula is C10H10ClN3O. The summed E-state index contributed by atoms with van der Waals surface area (Å²) in [5.41, 5.74) is 1.99. The second-order valence-electron chi connectivity index (χ2n) is 3.12. The first kappa shape index (κ1) is 9.98. The highest BCUT2D eigenvalue weighted by molar-refractivity contribution is 6.33. The lowest BCUT2D eigenvalue weighted by Crippen LogP contribution is -2.01. The van der Waals surface area contributed by atoms with Crippen LogP contribution >= 0.6 is 11.6 Å². The Morgan fingerprint density at radius 3 is 3.00 bits per heavy atom. The molecule has 0 aliphatic heterocycles. The van der Waals surface area contributed by atoms with E-state index < -0.39 is 0 Å². The average molecular weight is 224 g/mol. The monoisotopic (exact) mass is 223 g/mol. The van der Waals surface area contributed by atoms with Gasteiger partial charge in [-0.15, -0.1) is 10.2 Å². The molecule has 5 heteroatoms. The molecule has 0 saturated heterocycles. The number of hydrogen-bond donors (Lipinski definition) is 1. The highest BCUT2D eigenvalue weighted by Gasteiger charge is 2.04. The third-order valence-electron chi connectivity index (χ3n) is 2.04. The molecule has 0 saturated carbocycles. The lowest BCUT2D eigenvalue weighted by atomic mass is 10.2. The van der Waals surface area contributed by atoms with Gasteiger partial charge in [-0.25, -0.2) is 0 Å². The second kappa shape index (κ2) is 4.31. The van der Waals surface area contributed by atoms with Gasteiger partial charge < -0.3 is 9.73 Å². The fourth-order valence-corrected chi connectivity index (χ4v) is 1.58. The van der Waals surface area contributed by atoms with E-state index in [9.17, 15) is 0 Å². The summed E-state index contributed by atoms with van der Waals surface area (Å²) in [5.74, 6) is 0.536. The summed E-state index contributed by atoms with van der Waals surface area (Å²) in [5, 5.41) is 11.2. The summed E-state index contributed by atoms with van der Waals surface area (Å²) < 4.78 is 5.01. The Bertz CT molecular complexity index is 422. The zero-order valence-corrected chi connectivity index (χ0v) is 8.95. The van der Waals surface area contributed by atoms with E-state index in [1.807, 2.05) is 25.1 Å². The summed E-state index contributed by atoms with van der Waals surface area (Å²) in [6.45, 7) is 2.46. The molecular weight excluding hydrogens is 214 g/mol. The first-order valence-electron chi connectivity index (χ1n) is 4.51. The third-order valence-corrected chi connectivity index (χ3v) is 2.36. The number of hydrogen-bond acceptors (Lipinski definition) is 4. The number of nitrogens with zero attached hydrogens (tertiary/aromatic N) is 2. The highest BCUT2D eigenvalue weighted by Crippen LogP contribution is 2.25. The number of nitrogens with one attached hydrogen (secondary N) is 1. The van der Waals surface area contributed by atoms with Crippen LogP contribution in [-0.2, 0) is 6.54 Å². The van der Waals surface area contributed by atoms with Crippen molar-refractivity contribution in [2.24, 2.45) is 0 Å².